The van der Waals surface area contributed by atoms with E-state index in [0.717, 1.165) is 55.2 Å². The average Bonchev–Trinajstić information content (AvgIpc) is 3.20. The minimum Gasteiger partial charge on any atom is -0.381 e. The fourth-order valence-electron chi connectivity index (χ4n) is 3.43. The Hall–Kier alpha value is -2.64. The van der Waals surface area contributed by atoms with Crippen molar-refractivity contribution < 1.29 is 4.74 Å². The topological polar surface area (TPSA) is 74.0 Å². The van der Waals surface area contributed by atoms with E-state index in [1.165, 1.54) is 0 Å². The summed E-state index contributed by atoms with van der Waals surface area (Å²) in [7, 11) is 0. The molecule has 0 aliphatic carbocycles. The molecule has 1 fully saturated rings. The van der Waals surface area contributed by atoms with Gasteiger partial charge in [0.15, 0.2) is 0 Å². The molecule has 3 aromatic rings. The number of ether oxygens (including phenoxy) is 1. The number of rotatable bonds is 6. The lowest BCUT2D eigenvalue weighted by Gasteiger charge is -2.23. The van der Waals surface area contributed by atoms with Crippen LogP contribution >= 0.6 is 11.6 Å². The third-order valence-corrected chi connectivity index (χ3v) is 5.30. The first-order chi connectivity index (χ1) is 14.1. The Morgan fingerprint density at radius 1 is 1.28 bits per heavy atom. The van der Waals surface area contributed by atoms with Crippen LogP contribution in [-0.2, 0) is 11.3 Å². The lowest BCUT2D eigenvalue weighted by molar-refractivity contribution is 0.0904. The lowest BCUT2D eigenvalue weighted by atomic mass is 10.1. The zero-order valence-corrected chi connectivity index (χ0v) is 17.1. The predicted molar refractivity (Wildman–Crippen MR) is 114 cm³/mol. The highest BCUT2D eigenvalue weighted by molar-refractivity contribution is 6.33. The standard InChI is InChI=1S/C21H24ClN5O2/c1-2-8-26-14-16(3-4-21(26)28)27-9-5-19(25-27)17-13-23-20(12-18(17)22)24-15-6-10-29-11-7-15/h3-5,9,12-15H,2,6-8,10-11H2,1H3,(H,23,24). The second kappa shape index (κ2) is 8.80. The van der Waals surface area contributed by atoms with Gasteiger partial charge in [-0.15, -0.1) is 0 Å². The summed E-state index contributed by atoms with van der Waals surface area (Å²) >= 11 is 6.52. The quantitative estimate of drug-likeness (QED) is 0.666. The molecule has 0 bridgehead atoms. The minimum absolute atomic E-state index is 0.0113. The van der Waals surface area contributed by atoms with E-state index in [0.29, 0.717) is 17.6 Å². The molecule has 1 aliphatic rings. The van der Waals surface area contributed by atoms with Crippen LogP contribution in [0.3, 0.4) is 0 Å². The molecule has 1 N–H and O–H groups in total. The van der Waals surface area contributed by atoms with Gasteiger partial charge in [0.2, 0.25) is 0 Å². The molecule has 29 heavy (non-hydrogen) atoms. The van der Waals surface area contributed by atoms with Crippen molar-refractivity contribution in [2.24, 2.45) is 0 Å². The van der Waals surface area contributed by atoms with E-state index in [9.17, 15) is 4.79 Å². The molecule has 3 aromatic heterocycles. The largest absolute Gasteiger partial charge is 0.381 e. The van der Waals surface area contributed by atoms with Gasteiger partial charge in [0.05, 0.1) is 16.4 Å². The number of anilines is 1. The minimum atomic E-state index is -0.0113. The molecule has 0 amide bonds. The van der Waals surface area contributed by atoms with Crippen molar-refractivity contribution in [3.63, 3.8) is 0 Å². The molecule has 4 heterocycles. The van der Waals surface area contributed by atoms with Gasteiger partial charge >= 0.3 is 0 Å². The molecule has 0 aromatic carbocycles. The average molecular weight is 414 g/mol. The Balaban J connectivity index is 1.54. The van der Waals surface area contributed by atoms with Crippen molar-refractivity contribution in [3.05, 3.63) is 58.2 Å². The molecule has 152 valence electrons. The molecule has 0 saturated carbocycles. The van der Waals surface area contributed by atoms with E-state index in [-0.39, 0.29) is 5.56 Å². The predicted octanol–water partition coefficient (Wildman–Crippen LogP) is 3.75. The summed E-state index contributed by atoms with van der Waals surface area (Å²) in [5.74, 6) is 0.761. The first-order valence-electron chi connectivity index (χ1n) is 9.91. The summed E-state index contributed by atoms with van der Waals surface area (Å²) in [5, 5.41) is 8.64. The first-order valence-corrected chi connectivity index (χ1v) is 10.3. The monoisotopic (exact) mass is 413 g/mol. The number of aryl methyl sites for hydroxylation is 1. The number of nitrogens with zero attached hydrogens (tertiary/aromatic N) is 4. The van der Waals surface area contributed by atoms with Crippen molar-refractivity contribution in [1.29, 1.82) is 0 Å². The van der Waals surface area contributed by atoms with Crippen LogP contribution in [0.1, 0.15) is 26.2 Å². The summed E-state index contributed by atoms with van der Waals surface area (Å²) < 4.78 is 8.83. The molecule has 0 atom stereocenters. The number of hydrogen-bond acceptors (Lipinski definition) is 5. The maximum Gasteiger partial charge on any atom is 0.250 e. The van der Waals surface area contributed by atoms with E-state index in [2.05, 4.69) is 15.4 Å². The van der Waals surface area contributed by atoms with E-state index in [1.807, 2.05) is 31.5 Å². The second-order valence-electron chi connectivity index (χ2n) is 7.14. The van der Waals surface area contributed by atoms with Crippen LogP contribution in [0.2, 0.25) is 5.02 Å². The zero-order chi connectivity index (χ0) is 20.2. The molecule has 0 unspecified atom stereocenters. The maximum atomic E-state index is 11.9. The van der Waals surface area contributed by atoms with E-state index in [1.54, 1.807) is 27.6 Å². The maximum absolute atomic E-state index is 11.9. The van der Waals surface area contributed by atoms with Crippen molar-refractivity contribution in [2.75, 3.05) is 18.5 Å². The normalized spacial score (nSPS) is 14.8. The lowest BCUT2D eigenvalue weighted by Crippen LogP contribution is -2.28. The van der Waals surface area contributed by atoms with E-state index >= 15 is 0 Å². The van der Waals surface area contributed by atoms with Crippen LogP contribution < -0.4 is 10.9 Å². The highest BCUT2D eigenvalue weighted by atomic mass is 35.5. The van der Waals surface area contributed by atoms with Gasteiger partial charge in [0.1, 0.15) is 5.82 Å². The van der Waals surface area contributed by atoms with Crippen LogP contribution in [0, 0.1) is 0 Å². The smallest absolute Gasteiger partial charge is 0.250 e. The van der Waals surface area contributed by atoms with Crippen LogP contribution in [0.25, 0.3) is 16.9 Å². The van der Waals surface area contributed by atoms with Crippen molar-refractivity contribution in [2.45, 2.75) is 38.8 Å². The Kier molecular flexibility index (Phi) is 5.97. The molecule has 7 nitrogen and oxygen atoms in total. The fraction of sp³-hybridized carbons (Fsp3) is 0.381. The highest BCUT2D eigenvalue weighted by Gasteiger charge is 2.15. The summed E-state index contributed by atoms with van der Waals surface area (Å²) in [6.45, 7) is 4.26. The van der Waals surface area contributed by atoms with Crippen LogP contribution in [0.5, 0.6) is 0 Å². The first kappa shape index (κ1) is 19.7. The van der Waals surface area contributed by atoms with Gasteiger partial charge in [-0.25, -0.2) is 9.67 Å². The fourth-order valence-corrected chi connectivity index (χ4v) is 3.68. The second-order valence-corrected chi connectivity index (χ2v) is 7.55. The highest BCUT2D eigenvalue weighted by Crippen LogP contribution is 2.28. The SMILES string of the molecule is CCCn1cc(-n2ccc(-c3cnc(NC4CCOCC4)cc3Cl)n2)ccc1=O. The molecular weight excluding hydrogens is 390 g/mol. The van der Waals surface area contributed by atoms with Gasteiger partial charge in [0.25, 0.3) is 5.56 Å². The Labute approximate surface area is 174 Å². The Bertz CT molecular complexity index is 1040. The molecule has 1 saturated heterocycles. The molecule has 8 heteroatoms. The summed E-state index contributed by atoms with van der Waals surface area (Å²) in [4.78, 5) is 16.4. The number of hydrogen-bond donors (Lipinski definition) is 1. The molecular formula is C21H24ClN5O2. The number of halogens is 1. The van der Waals surface area contributed by atoms with Gasteiger partial charge in [-0.1, -0.05) is 18.5 Å². The van der Waals surface area contributed by atoms with Crippen LogP contribution in [0.15, 0.2) is 47.7 Å². The number of nitrogens with one attached hydrogen (secondary N) is 1. The Morgan fingerprint density at radius 2 is 2.10 bits per heavy atom. The van der Waals surface area contributed by atoms with Gasteiger partial charge in [0, 0.05) is 56.0 Å². The van der Waals surface area contributed by atoms with Crippen molar-refractivity contribution in [3.8, 4) is 16.9 Å². The van der Waals surface area contributed by atoms with Gasteiger partial charge in [-0.05, 0) is 37.5 Å². The number of aromatic nitrogens is 4. The summed E-state index contributed by atoms with van der Waals surface area (Å²) in [6, 6.07) is 7.43. The molecule has 0 spiro atoms. The van der Waals surface area contributed by atoms with E-state index in [4.69, 9.17) is 16.3 Å². The van der Waals surface area contributed by atoms with Crippen LogP contribution in [0.4, 0.5) is 5.82 Å². The third kappa shape index (κ3) is 4.52. The van der Waals surface area contributed by atoms with Gasteiger partial charge in [-0.3, -0.25) is 4.79 Å². The number of pyridine rings is 2. The van der Waals surface area contributed by atoms with Gasteiger partial charge < -0.3 is 14.6 Å². The summed E-state index contributed by atoms with van der Waals surface area (Å²) in [5.41, 5.74) is 2.31. The Morgan fingerprint density at radius 3 is 2.86 bits per heavy atom. The van der Waals surface area contributed by atoms with Gasteiger partial charge in [-0.2, -0.15) is 5.10 Å². The summed E-state index contributed by atoms with van der Waals surface area (Å²) in [6.07, 6.45) is 8.24. The van der Waals surface area contributed by atoms with Crippen molar-refractivity contribution >= 4 is 17.4 Å². The van der Waals surface area contributed by atoms with Crippen LogP contribution in [-0.4, -0.2) is 38.6 Å². The zero-order valence-electron chi connectivity index (χ0n) is 16.3. The molecule has 1 aliphatic heterocycles. The molecule has 0 radical (unpaired) electrons. The van der Waals surface area contributed by atoms with E-state index < -0.39 is 0 Å². The third-order valence-electron chi connectivity index (χ3n) is 4.99. The molecule has 4 rings (SSSR count). The van der Waals surface area contributed by atoms with Crippen molar-refractivity contribution in [1.82, 2.24) is 19.3 Å².